The van der Waals surface area contributed by atoms with Crippen LogP contribution < -0.4 is 0 Å². The van der Waals surface area contributed by atoms with Crippen molar-refractivity contribution in [1.29, 1.82) is 0 Å². The van der Waals surface area contributed by atoms with E-state index in [0.29, 0.717) is 0 Å². The summed E-state index contributed by atoms with van der Waals surface area (Å²) in [4.78, 5) is 14.2. The summed E-state index contributed by atoms with van der Waals surface area (Å²) in [5.74, 6) is 0. The zero-order chi connectivity index (χ0) is 49.4. The molecule has 0 atom stereocenters. The summed E-state index contributed by atoms with van der Waals surface area (Å²) in [6.07, 6.45) is 5.67. The maximum absolute atomic E-state index is 4.79. The Morgan fingerprint density at radius 3 is 0.915 bits per heavy atom. The van der Waals surface area contributed by atoms with Crippen molar-refractivity contribution in [3.63, 3.8) is 0 Å². The zero-order valence-corrected chi connectivity index (χ0v) is 45.4. The summed E-state index contributed by atoms with van der Waals surface area (Å²) in [6.45, 7) is 13.4. The first-order valence-electron chi connectivity index (χ1n) is 23.9. The first-order chi connectivity index (χ1) is 34.2. The van der Waals surface area contributed by atoms with E-state index in [2.05, 4.69) is 264 Å². The predicted octanol–water partition coefficient (Wildman–Crippen LogP) is 19.8. The summed E-state index contributed by atoms with van der Waals surface area (Å²) in [7, 11) is 0. The minimum absolute atomic E-state index is 0.0153. The third-order valence-corrected chi connectivity index (χ3v) is 15.2. The minimum atomic E-state index is 0.0153. The average molecular weight is 1110 g/mol. The van der Waals surface area contributed by atoms with Crippen molar-refractivity contribution in [2.45, 2.75) is 52.4 Å². The van der Waals surface area contributed by atoms with E-state index in [-0.39, 0.29) is 10.8 Å². The Morgan fingerprint density at radius 1 is 0.268 bits per heavy atom. The Labute approximate surface area is 443 Å². The van der Waals surface area contributed by atoms with Crippen LogP contribution >= 0.6 is 47.8 Å². The number of rotatable bonds is 9. The van der Waals surface area contributed by atoms with Gasteiger partial charge in [0.25, 0.3) is 0 Å². The highest BCUT2D eigenvalue weighted by Gasteiger charge is 2.21. The molecule has 0 unspecified atom stereocenters. The normalized spacial score (nSPS) is 11.7. The highest BCUT2D eigenvalue weighted by Crippen LogP contribution is 2.46. The van der Waals surface area contributed by atoms with Gasteiger partial charge in [0.1, 0.15) is 0 Å². The van der Waals surface area contributed by atoms with Gasteiger partial charge >= 0.3 is 0 Å². The molecule has 0 aliphatic heterocycles. The van der Waals surface area contributed by atoms with E-state index in [1.807, 2.05) is 36.8 Å². The van der Waals surface area contributed by atoms with Gasteiger partial charge in [0.2, 0.25) is 0 Å². The molecule has 0 aliphatic carbocycles. The number of aromatic nitrogens is 3. The lowest BCUT2D eigenvalue weighted by molar-refractivity contribution is 0.589. The molecule has 0 saturated carbocycles. The van der Waals surface area contributed by atoms with Gasteiger partial charge in [-0.15, -0.1) is 0 Å². The highest BCUT2D eigenvalue weighted by atomic mass is 79.9. The Morgan fingerprint density at radius 2 is 0.592 bits per heavy atom. The van der Waals surface area contributed by atoms with Crippen LogP contribution in [0.15, 0.2) is 220 Å². The lowest BCUT2D eigenvalue weighted by Gasteiger charge is -2.20. The molecule has 10 aromatic rings. The molecule has 10 rings (SSSR count). The summed E-state index contributed by atoms with van der Waals surface area (Å²) in [5, 5.41) is 0. The summed E-state index contributed by atoms with van der Waals surface area (Å²) >= 11 is 12.1. The molecule has 0 bridgehead atoms. The smallest absolute Gasteiger partial charge is 0.0705 e. The van der Waals surface area contributed by atoms with E-state index in [4.69, 9.17) is 9.97 Å². The van der Waals surface area contributed by atoms with Crippen molar-refractivity contribution >= 4 is 47.8 Å². The monoisotopic (exact) mass is 1110 g/mol. The van der Waals surface area contributed by atoms with Crippen LogP contribution in [0.1, 0.15) is 52.7 Å². The fraction of sp³-hybridized carbons (Fsp3) is 0.123. The second-order valence-corrected chi connectivity index (χ2v) is 22.7. The Kier molecular flexibility index (Phi) is 13.5. The van der Waals surface area contributed by atoms with Gasteiger partial charge in [0, 0.05) is 48.7 Å². The topological polar surface area (TPSA) is 38.7 Å². The number of halogens is 3. The highest BCUT2D eigenvalue weighted by molar-refractivity contribution is 9.11. The molecule has 348 valence electrons. The SMILES string of the molecule is CC(C)(C)c1ccnc(-c2ccc(-c3ccccc3-c3cc(-c4ccccc4-c4ccc(-c5ccccn5)cc4Br)cc(-c4ccccc4-c4ccc(-c5cc(C(C)(C)C)ccn5)cc4Br)c3)c(Br)c2)c1. The van der Waals surface area contributed by atoms with E-state index < -0.39 is 0 Å². The standard InChI is InChI=1S/C65H52Br3N3/c1-64(2,3)47-28-31-70-62(39-47)42-23-26-56(59(67)37-42)53-19-11-8-16-50(53)45-33-44(49-15-7-10-18-52(49)55-25-22-41(36-58(55)66)61-21-13-14-30-69-61)34-46(35-45)51-17-9-12-20-54(51)57-27-24-43(38-60(57)68)63-40-48(29-32-71-63)65(4,5)6/h7-40H,1-6H3. The van der Waals surface area contributed by atoms with E-state index in [1.54, 1.807) is 0 Å². The predicted molar refractivity (Wildman–Crippen MR) is 309 cm³/mol. The van der Waals surface area contributed by atoms with Gasteiger partial charge in [-0.25, -0.2) is 0 Å². The minimum Gasteiger partial charge on any atom is -0.256 e. The van der Waals surface area contributed by atoms with Gasteiger partial charge in [0.15, 0.2) is 0 Å². The Balaban J connectivity index is 1.13. The summed E-state index contributed by atoms with van der Waals surface area (Å²) in [5.41, 5.74) is 22.0. The van der Waals surface area contributed by atoms with E-state index in [0.717, 1.165) is 114 Å². The van der Waals surface area contributed by atoms with E-state index in [1.165, 1.54) is 11.1 Å². The quantitative estimate of drug-likeness (QED) is 0.145. The number of nitrogens with zero attached hydrogens (tertiary/aromatic N) is 3. The van der Waals surface area contributed by atoms with Crippen LogP contribution in [0.25, 0.3) is 101 Å². The molecule has 0 saturated heterocycles. The molecule has 3 heterocycles. The molecule has 0 amide bonds. The fourth-order valence-corrected chi connectivity index (χ4v) is 11.1. The van der Waals surface area contributed by atoms with Crippen molar-refractivity contribution in [2.24, 2.45) is 0 Å². The third-order valence-electron chi connectivity index (χ3n) is 13.2. The van der Waals surface area contributed by atoms with Crippen LogP contribution in [0.5, 0.6) is 0 Å². The van der Waals surface area contributed by atoms with Crippen LogP contribution in [0.4, 0.5) is 0 Å². The molecule has 0 fully saturated rings. The fourth-order valence-electron chi connectivity index (χ4n) is 9.33. The zero-order valence-electron chi connectivity index (χ0n) is 40.6. The number of pyridine rings is 3. The molecule has 6 heteroatoms. The molecule has 0 radical (unpaired) electrons. The maximum Gasteiger partial charge on any atom is 0.0705 e. The van der Waals surface area contributed by atoms with Crippen molar-refractivity contribution in [2.75, 3.05) is 0 Å². The van der Waals surface area contributed by atoms with Gasteiger partial charge in [-0.05, 0) is 162 Å². The van der Waals surface area contributed by atoms with Crippen LogP contribution in [-0.2, 0) is 10.8 Å². The van der Waals surface area contributed by atoms with Gasteiger partial charge < -0.3 is 0 Å². The summed E-state index contributed by atoms with van der Waals surface area (Å²) < 4.78 is 3.01. The van der Waals surface area contributed by atoms with Crippen LogP contribution in [0.3, 0.4) is 0 Å². The van der Waals surface area contributed by atoms with Crippen LogP contribution in [0.2, 0.25) is 0 Å². The first-order valence-corrected chi connectivity index (χ1v) is 26.3. The third kappa shape index (κ3) is 10.2. The number of hydrogen-bond donors (Lipinski definition) is 0. The second-order valence-electron chi connectivity index (χ2n) is 20.1. The Hall–Kier alpha value is -6.57. The largest absolute Gasteiger partial charge is 0.256 e. The Bertz CT molecular complexity index is 3430. The second kappa shape index (κ2) is 19.9. The lowest BCUT2D eigenvalue weighted by Crippen LogP contribution is -2.11. The van der Waals surface area contributed by atoms with Crippen LogP contribution in [0, 0.1) is 0 Å². The van der Waals surface area contributed by atoms with Crippen molar-refractivity contribution in [1.82, 2.24) is 15.0 Å². The van der Waals surface area contributed by atoms with Gasteiger partial charge in [0.05, 0.1) is 17.1 Å². The number of benzene rings is 7. The lowest BCUT2D eigenvalue weighted by atomic mass is 9.85. The molecular formula is C65H52Br3N3. The number of hydrogen-bond acceptors (Lipinski definition) is 3. The van der Waals surface area contributed by atoms with E-state index >= 15 is 0 Å². The first kappa shape index (κ1) is 48.1. The van der Waals surface area contributed by atoms with Gasteiger partial charge in [-0.2, -0.15) is 0 Å². The van der Waals surface area contributed by atoms with Crippen molar-refractivity contribution in [3.05, 3.63) is 231 Å². The van der Waals surface area contributed by atoms with Crippen molar-refractivity contribution < 1.29 is 0 Å². The molecule has 7 aromatic carbocycles. The molecule has 71 heavy (non-hydrogen) atoms. The van der Waals surface area contributed by atoms with E-state index in [9.17, 15) is 0 Å². The maximum atomic E-state index is 4.79. The summed E-state index contributed by atoms with van der Waals surface area (Å²) in [6, 6.07) is 67.7. The van der Waals surface area contributed by atoms with Crippen molar-refractivity contribution in [3.8, 4) is 101 Å². The molecule has 0 N–H and O–H groups in total. The van der Waals surface area contributed by atoms with Gasteiger partial charge in [-0.3, -0.25) is 15.0 Å². The molecule has 0 spiro atoms. The molecule has 0 aliphatic rings. The van der Waals surface area contributed by atoms with Gasteiger partial charge in [-0.1, -0.05) is 205 Å². The molecule has 3 aromatic heterocycles. The van der Waals surface area contributed by atoms with Crippen LogP contribution in [-0.4, -0.2) is 15.0 Å². The average Bonchev–Trinajstić information content (AvgIpc) is 3.38. The molecule has 3 nitrogen and oxygen atoms in total. The molecular weight excluding hydrogens is 1060 g/mol.